The number of benzene rings is 1. The Morgan fingerprint density at radius 3 is 2.92 bits per heavy atom. The summed E-state index contributed by atoms with van der Waals surface area (Å²) in [5, 5.41) is 15.2. The lowest BCUT2D eigenvalue weighted by molar-refractivity contribution is 0.310. The number of hydrogen-bond acceptors (Lipinski definition) is 7. The molecule has 26 heavy (non-hydrogen) atoms. The summed E-state index contributed by atoms with van der Waals surface area (Å²) < 4.78 is 12.8. The molecule has 132 valence electrons. The Kier molecular flexibility index (Phi) is 4.22. The molecule has 3 aromatic rings. The van der Waals surface area contributed by atoms with Crippen LogP contribution in [0.15, 0.2) is 48.8 Å². The van der Waals surface area contributed by atoms with Crippen LogP contribution in [0.1, 0.15) is 24.1 Å². The molecule has 0 saturated heterocycles. The topological polar surface area (TPSA) is 87.0 Å². The van der Waals surface area contributed by atoms with Crippen LogP contribution in [0.5, 0.6) is 11.5 Å². The normalized spacial score (nSPS) is 15.6. The van der Waals surface area contributed by atoms with E-state index in [1.54, 1.807) is 24.2 Å². The molecule has 0 amide bonds. The van der Waals surface area contributed by atoms with E-state index in [-0.39, 0.29) is 6.04 Å². The molecule has 1 N–H and O–H groups in total. The molecule has 1 aromatic carbocycles. The molecule has 0 radical (unpaired) electrons. The van der Waals surface area contributed by atoms with Crippen molar-refractivity contribution in [1.29, 1.82) is 0 Å². The largest absolute Gasteiger partial charge is 0.493 e. The van der Waals surface area contributed by atoms with E-state index in [9.17, 15) is 0 Å². The van der Waals surface area contributed by atoms with Gasteiger partial charge in [-0.25, -0.2) is 0 Å². The SMILES string of the molecule is CCOc1ccc([C@H]2C=C(c3cccnc3)Nc3nnnn32)cc1OC. The molecule has 0 aliphatic carbocycles. The highest BCUT2D eigenvalue weighted by atomic mass is 16.5. The smallest absolute Gasteiger partial charge is 0.248 e. The van der Waals surface area contributed by atoms with Crippen molar-refractivity contribution < 1.29 is 9.47 Å². The molecule has 3 heterocycles. The first-order chi connectivity index (χ1) is 12.8. The molecule has 0 saturated carbocycles. The van der Waals surface area contributed by atoms with E-state index < -0.39 is 0 Å². The Morgan fingerprint density at radius 2 is 2.15 bits per heavy atom. The first-order valence-electron chi connectivity index (χ1n) is 8.28. The third kappa shape index (κ3) is 2.85. The van der Waals surface area contributed by atoms with Gasteiger partial charge < -0.3 is 14.8 Å². The maximum Gasteiger partial charge on any atom is 0.248 e. The van der Waals surface area contributed by atoms with Crippen molar-refractivity contribution >= 4 is 11.6 Å². The fourth-order valence-electron chi connectivity index (χ4n) is 2.92. The minimum absolute atomic E-state index is 0.180. The van der Waals surface area contributed by atoms with E-state index in [1.165, 1.54) is 0 Å². The van der Waals surface area contributed by atoms with Gasteiger partial charge in [0.05, 0.1) is 13.7 Å². The summed E-state index contributed by atoms with van der Waals surface area (Å²) >= 11 is 0. The fourth-order valence-corrected chi connectivity index (χ4v) is 2.92. The summed E-state index contributed by atoms with van der Waals surface area (Å²) in [6.07, 6.45) is 5.61. The van der Waals surface area contributed by atoms with Crippen LogP contribution in [0, 0.1) is 0 Å². The summed E-state index contributed by atoms with van der Waals surface area (Å²) in [5.41, 5.74) is 2.85. The lowest BCUT2D eigenvalue weighted by atomic mass is 10.0. The van der Waals surface area contributed by atoms with Crippen molar-refractivity contribution in [2.24, 2.45) is 0 Å². The summed E-state index contributed by atoms with van der Waals surface area (Å²) in [7, 11) is 1.63. The average molecular weight is 350 g/mol. The molecule has 1 aliphatic rings. The maximum atomic E-state index is 5.61. The molecule has 4 rings (SSSR count). The zero-order valence-corrected chi connectivity index (χ0v) is 14.5. The molecular formula is C18H18N6O2. The second kappa shape index (κ2) is 6.83. The van der Waals surface area contributed by atoms with E-state index in [2.05, 4.69) is 31.9 Å². The van der Waals surface area contributed by atoms with Crippen LogP contribution in [0.4, 0.5) is 5.95 Å². The minimum atomic E-state index is -0.180. The minimum Gasteiger partial charge on any atom is -0.493 e. The van der Waals surface area contributed by atoms with E-state index in [1.807, 2.05) is 37.3 Å². The quantitative estimate of drug-likeness (QED) is 0.756. The molecule has 0 bridgehead atoms. The van der Waals surface area contributed by atoms with Crippen LogP contribution in [-0.4, -0.2) is 38.9 Å². The van der Waals surface area contributed by atoms with Crippen LogP contribution in [0.25, 0.3) is 5.70 Å². The van der Waals surface area contributed by atoms with Gasteiger partial charge in [0.15, 0.2) is 11.5 Å². The highest BCUT2D eigenvalue weighted by Crippen LogP contribution is 2.35. The van der Waals surface area contributed by atoms with Crippen LogP contribution >= 0.6 is 0 Å². The number of ether oxygens (including phenoxy) is 2. The van der Waals surface area contributed by atoms with Gasteiger partial charge in [0.25, 0.3) is 0 Å². The van der Waals surface area contributed by atoms with E-state index in [0.29, 0.717) is 24.1 Å². The number of nitrogens with one attached hydrogen (secondary N) is 1. The number of nitrogens with zero attached hydrogens (tertiary/aromatic N) is 5. The van der Waals surface area contributed by atoms with Gasteiger partial charge in [0, 0.05) is 23.7 Å². The number of pyridine rings is 1. The number of anilines is 1. The van der Waals surface area contributed by atoms with Gasteiger partial charge in [0.1, 0.15) is 6.04 Å². The number of methoxy groups -OCH3 is 1. The Balaban J connectivity index is 1.78. The molecule has 2 aromatic heterocycles. The zero-order valence-electron chi connectivity index (χ0n) is 14.5. The van der Waals surface area contributed by atoms with Gasteiger partial charge in [-0.1, -0.05) is 11.2 Å². The number of tetrazole rings is 1. The Morgan fingerprint density at radius 1 is 1.23 bits per heavy atom. The molecule has 1 atom stereocenters. The van der Waals surface area contributed by atoms with Gasteiger partial charge in [-0.2, -0.15) is 4.68 Å². The van der Waals surface area contributed by atoms with E-state index >= 15 is 0 Å². The Bertz CT molecular complexity index is 938. The van der Waals surface area contributed by atoms with Crippen molar-refractivity contribution in [1.82, 2.24) is 25.2 Å². The van der Waals surface area contributed by atoms with Gasteiger partial charge in [-0.05, 0) is 53.3 Å². The summed E-state index contributed by atoms with van der Waals surface area (Å²) in [6.45, 7) is 2.52. The van der Waals surface area contributed by atoms with Gasteiger partial charge in [-0.3, -0.25) is 4.98 Å². The lowest BCUT2D eigenvalue weighted by Gasteiger charge is -2.24. The molecule has 8 nitrogen and oxygen atoms in total. The van der Waals surface area contributed by atoms with E-state index in [4.69, 9.17) is 9.47 Å². The van der Waals surface area contributed by atoms with Gasteiger partial charge >= 0.3 is 0 Å². The van der Waals surface area contributed by atoms with Crippen LogP contribution in [0.3, 0.4) is 0 Å². The van der Waals surface area contributed by atoms with Crippen molar-refractivity contribution in [2.45, 2.75) is 13.0 Å². The van der Waals surface area contributed by atoms with Gasteiger partial charge in [0.2, 0.25) is 5.95 Å². The zero-order chi connectivity index (χ0) is 17.9. The summed E-state index contributed by atoms with van der Waals surface area (Å²) in [4.78, 5) is 4.18. The molecule has 0 fully saturated rings. The van der Waals surface area contributed by atoms with Crippen molar-refractivity contribution in [3.63, 3.8) is 0 Å². The van der Waals surface area contributed by atoms with Crippen LogP contribution in [0.2, 0.25) is 0 Å². The third-order valence-corrected chi connectivity index (χ3v) is 4.13. The predicted octanol–water partition coefficient (Wildman–Crippen LogP) is 2.53. The number of allylic oxidation sites excluding steroid dienone is 1. The van der Waals surface area contributed by atoms with Crippen LogP contribution in [-0.2, 0) is 0 Å². The molecule has 0 spiro atoms. The monoisotopic (exact) mass is 350 g/mol. The second-order valence-electron chi connectivity index (χ2n) is 5.68. The number of aromatic nitrogens is 5. The first-order valence-corrected chi connectivity index (χ1v) is 8.28. The Labute approximate surface area is 150 Å². The molecule has 0 unspecified atom stereocenters. The lowest BCUT2D eigenvalue weighted by Crippen LogP contribution is -2.20. The fraction of sp³-hybridized carbons (Fsp3) is 0.222. The van der Waals surface area contributed by atoms with Crippen LogP contribution < -0.4 is 14.8 Å². The first kappa shape index (κ1) is 16.1. The predicted molar refractivity (Wildman–Crippen MR) is 96.0 cm³/mol. The molecular weight excluding hydrogens is 332 g/mol. The van der Waals surface area contributed by atoms with Crippen molar-refractivity contribution in [2.75, 3.05) is 19.0 Å². The highest BCUT2D eigenvalue weighted by Gasteiger charge is 2.25. The highest BCUT2D eigenvalue weighted by molar-refractivity contribution is 5.76. The molecule has 8 heteroatoms. The number of hydrogen-bond donors (Lipinski definition) is 1. The second-order valence-corrected chi connectivity index (χ2v) is 5.68. The summed E-state index contributed by atoms with van der Waals surface area (Å²) in [5.74, 6) is 1.96. The number of rotatable bonds is 5. The van der Waals surface area contributed by atoms with E-state index in [0.717, 1.165) is 16.8 Å². The van der Waals surface area contributed by atoms with Gasteiger partial charge in [-0.15, -0.1) is 0 Å². The number of fused-ring (bicyclic) bond motifs is 1. The average Bonchev–Trinajstić information content (AvgIpc) is 3.17. The maximum absolute atomic E-state index is 5.61. The Hall–Kier alpha value is -3.42. The molecule has 1 aliphatic heterocycles. The summed E-state index contributed by atoms with van der Waals surface area (Å²) in [6, 6.07) is 9.55. The standard InChI is InChI=1S/C18H18N6O2/c1-3-26-16-7-6-12(9-17(16)25-2)15-10-14(13-5-4-8-19-11-13)20-18-21-22-23-24(15)18/h4-11,15H,3H2,1-2H3,(H,20,21,23)/t15-/m1/s1. The van der Waals surface area contributed by atoms with Crippen molar-refractivity contribution in [3.05, 3.63) is 59.9 Å². The third-order valence-electron chi connectivity index (χ3n) is 4.13. The van der Waals surface area contributed by atoms with Crippen molar-refractivity contribution in [3.8, 4) is 11.5 Å².